The van der Waals surface area contributed by atoms with E-state index in [2.05, 4.69) is 21.3 Å². The lowest BCUT2D eigenvalue weighted by Crippen LogP contribution is -2.32. The number of nitrogens with one attached hydrogen (secondary N) is 4. The number of carbonyl (C=O) groups excluding carboxylic acids is 3. The van der Waals surface area contributed by atoms with Gasteiger partial charge in [-0.25, -0.2) is 4.79 Å². The third-order valence-corrected chi connectivity index (χ3v) is 4.99. The Kier molecular flexibility index (Phi) is 6.84. The molecule has 7 nitrogen and oxygen atoms in total. The number of carbonyl (C=O) groups is 3. The van der Waals surface area contributed by atoms with Crippen molar-refractivity contribution in [3.8, 4) is 0 Å². The summed E-state index contributed by atoms with van der Waals surface area (Å²) in [6, 6.07) is 13.8. The largest absolute Gasteiger partial charge is 0.355 e. The number of hydrogen-bond acceptors (Lipinski definition) is 3. The summed E-state index contributed by atoms with van der Waals surface area (Å²) in [6.07, 6.45) is 4.42. The van der Waals surface area contributed by atoms with E-state index >= 15 is 0 Å². The van der Waals surface area contributed by atoms with Gasteiger partial charge in [0.25, 0.3) is 11.8 Å². The lowest BCUT2D eigenvalue weighted by Gasteiger charge is -2.12. The Balaban J connectivity index is 1.46. The molecule has 3 rings (SSSR count). The van der Waals surface area contributed by atoms with E-state index in [0.717, 1.165) is 18.4 Å². The van der Waals surface area contributed by atoms with Crippen LogP contribution in [0.1, 0.15) is 52.0 Å². The van der Waals surface area contributed by atoms with Gasteiger partial charge >= 0.3 is 6.03 Å². The van der Waals surface area contributed by atoms with Crippen LogP contribution in [0.4, 0.5) is 10.5 Å². The predicted molar refractivity (Wildman–Crippen MR) is 112 cm³/mol. The molecule has 0 atom stereocenters. The molecular weight excluding hydrogens is 368 g/mol. The minimum absolute atomic E-state index is 0.0758. The van der Waals surface area contributed by atoms with Crippen molar-refractivity contribution in [1.29, 1.82) is 0 Å². The maximum Gasteiger partial charge on any atom is 0.319 e. The molecule has 0 radical (unpaired) electrons. The number of benzene rings is 2. The van der Waals surface area contributed by atoms with Crippen molar-refractivity contribution < 1.29 is 14.4 Å². The topological polar surface area (TPSA) is 99.3 Å². The van der Waals surface area contributed by atoms with Crippen LogP contribution in [0.2, 0.25) is 0 Å². The summed E-state index contributed by atoms with van der Waals surface area (Å²) >= 11 is 0. The third kappa shape index (κ3) is 5.81. The Labute approximate surface area is 170 Å². The minimum atomic E-state index is -0.344. The van der Waals surface area contributed by atoms with Crippen molar-refractivity contribution in [1.82, 2.24) is 16.0 Å². The van der Waals surface area contributed by atoms with Gasteiger partial charge in [-0.05, 0) is 54.8 Å². The standard InChI is InChI=1S/C22H26N4O3/c1-23-20(27)16-8-6-15(7-9-16)14-24-22(29)26-19-12-10-17(11-13-19)21(28)25-18-4-2-3-5-18/h6-13,18H,2-5,14H2,1H3,(H,23,27)(H,25,28)(H2,24,26,29). The molecule has 0 bridgehead atoms. The van der Waals surface area contributed by atoms with Crippen LogP contribution >= 0.6 is 0 Å². The molecule has 0 spiro atoms. The normalized spacial score (nSPS) is 13.6. The van der Waals surface area contributed by atoms with E-state index in [1.165, 1.54) is 12.8 Å². The first kappa shape index (κ1) is 20.4. The first-order valence-electron chi connectivity index (χ1n) is 9.82. The maximum atomic E-state index is 12.2. The van der Waals surface area contributed by atoms with Gasteiger partial charge < -0.3 is 21.3 Å². The van der Waals surface area contributed by atoms with Crippen LogP contribution in [0.25, 0.3) is 0 Å². The lowest BCUT2D eigenvalue weighted by atomic mass is 10.1. The number of amides is 4. The van der Waals surface area contributed by atoms with Crippen LogP contribution in [-0.4, -0.2) is 30.9 Å². The minimum Gasteiger partial charge on any atom is -0.355 e. The molecule has 152 valence electrons. The fourth-order valence-electron chi connectivity index (χ4n) is 3.32. The third-order valence-electron chi connectivity index (χ3n) is 4.99. The highest BCUT2D eigenvalue weighted by atomic mass is 16.2. The highest BCUT2D eigenvalue weighted by Crippen LogP contribution is 2.18. The molecule has 1 saturated carbocycles. The average molecular weight is 394 g/mol. The summed E-state index contributed by atoms with van der Waals surface area (Å²) in [5, 5.41) is 11.1. The number of anilines is 1. The van der Waals surface area contributed by atoms with Gasteiger partial charge in [-0.15, -0.1) is 0 Å². The van der Waals surface area contributed by atoms with Crippen molar-refractivity contribution >= 4 is 23.5 Å². The Morgan fingerprint density at radius 2 is 1.45 bits per heavy atom. The van der Waals surface area contributed by atoms with Gasteiger partial charge in [0, 0.05) is 36.4 Å². The fourth-order valence-corrected chi connectivity index (χ4v) is 3.32. The Hall–Kier alpha value is -3.35. The molecule has 1 fully saturated rings. The van der Waals surface area contributed by atoms with Crippen molar-refractivity contribution in [2.24, 2.45) is 0 Å². The van der Waals surface area contributed by atoms with E-state index in [1.54, 1.807) is 55.6 Å². The SMILES string of the molecule is CNC(=O)c1ccc(CNC(=O)Nc2ccc(C(=O)NC3CCCC3)cc2)cc1. The quantitative estimate of drug-likeness (QED) is 0.606. The van der Waals surface area contributed by atoms with E-state index in [1.807, 2.05) is 0 Å². The van der Waals surface area contributed by atoms with Crippen LogP contribution in [0.5, 0.6) is 0 Å². The van der Waals surface area contributed by atoms with Crippen LogP contribution in [0.3, 0.4) is 0 Å². The van der Waals surface area contributed by atoms with E-state index in [-0.39, 0.29) is 23.9 Å². The van der Waals surface area contributed by atoms with Gasteiger partial charge in [-0.2, -0.15) is 0 Å². The van der Waals surface area contributed by atoms with Crippen LogP contribution in [0, 0.1) is 0 Å². The average Bonchev–Trinajstić information content (AvgIpc) is 3.25. The molecule has 29 heavy (non-hydrogen) atoms. The molecule has 1 aliphatic rings. The molecule has 2 aromatic carbocycles. The molecule has 7 heteroatoms. The smallest absolute Gasteiger partial charge is 0.319 e. The fraction of sp³-hybridized carbons (Fsp3) is 0.318. The Morgan fingerprint density at radius 3 is 2.07 bits per heavy atom. The van der Waals surface area contributed by atoms with Gasteiger partial charge in [0.2, 0.25) is 0 Å². The second-order valence-electron chi connectivity index (χ2n) is 7.12. The summed E-state index contributed by atoms with van der Waals surface area (Å²) in [4.78, 5) is 35.9. The second kappa shape index (κ2) is 9.73. The van der Waals surface area contributed by atoms with Crippen LogP contribution < -0.4 is 21.3 Å². The van der Waals surface area contributed by atoms with Gasteiger partial charge in [0.05, 0.1) is 0 Å². The summed E-state index contributed by atoms with van der Waals surface area (Å²) in [5.41, 5.74) is 2.64. The van der Waals surface area contributed by atoms with Gasteiger partial charge in [-0.3, -0.25) is 9.59 Å². The van der Waals surface area contributed by atoms with Gasteiger partial charge in [0.1, 0.15) is 0 Å². The number of urea groups is 1. The second-order valence-corrected chi connectivity index (χ2v) is 7.12. The molecule has 4 amide bonds. The summed E-state index contributed by atoms with van der Waals surface area (Å²) in [5.74, 6) is -0.226. The van der Waals surface area contributed by atoms with Crippen LogP contribution in [0.15, 0.2) is 48.5 Å². The summed E-state index contributed by atoms with van der Waals surface area (Å²) in [7, 11) is 1.58. The zero-order valence-corrected chi connectivity index (χ0v) is 16.5. The predicted octanol–water partition coefficient (Wildman–Crippen LogP) is 3.04. The van der Waals surface area contributed by atoms with E-state index in [4.69, 9.17) is 0 Å². The molecule has 2 aromatic rings. The molecule has 4 N–H and O–H groups in total. The zero-order chi connectivity index (χ0) is 20.6. The monoisotopic (exact) mass is 394 g/mol. The van der Waals surface area contributed by atoms with Crippen molar-refractivity contribution in [3.63, 3.8) is 0 Å². The zero-order valence-electron chi connectivity index (χ0n) is 16.5. The Morgan fingerprint density at radius 1 is 0.862 bits per heavy atom. The number of rotatable bonds is 6. The molecule has 1 aliphatic carbocycles. The lowest BCUT2D eigenvalue weighted by molar-refractivity contribution is 0.0935. The summed E-state index contributed by atoms with van der Waals surface area (Å²) in [6.45, 7) is 0.335. The molecule has 0 aliphatic heterocycles. The summed E-state index contributed by atoms with van der Waals surface area (Å²) < 4.78 is 0. The van der Waals surface area contributed by atoms with E-state index < -0.39 is 0 Å². The molecule has 0 saturated heterocycles. The van der Waals surface area contributed by atoms with Crippen molar-refractivity contribution in [2.75, 3.05) is 12.4 Å². The van der Waals surface area contributed by atoms with Crippen LogP contribution in [-0.2, 0) is 6.54 Å². The molecular formula is C22H26N4O3. The maximum absolute atomic E-state index is 12.2. The Bertz CT molecular complexity index is 857. The van der Waals surface area contributed by atoms with Gasteiger partial charge in [0.15, 0.2) is 0 Å². The van der Waals surface area contributed by atoms with E-state index in [9.17, 15) is 14.4 Å². The highest BCUT2D eigenvalue weighted by molar-refractivity contribution is 5.96. The molecule has 0 heterocycles. The first-order chi connectivity index (χ1) is 14.0. The molecule has 0 unspecified atom stereocenters. The molecule has 0 aromatic heterocycles. The van der Waals surface area contributed by atoms with Crippen molar-refractivity contribution in [3.05, 3.63) is 65.2 Å². The number of hydrogen-bond donors (Lipinski definition) is 4. The highest BCUT2D eigenvalue weighted by Gasteiger charge is 2.17. The van der Waals surface area contributed by atoms with Gasteiger partial charge in [-0.1, -0.05) is 25.0 Å². The van der Waals surface area contributed by atoms with Crippen molar-refractivity contribution in [2.45, 2.75) is 38.3 Å². The first-order valence-corrected chi connectivity index (χ1v) is 9.82. The van der Waals surface area contributed by atoms with E-state index in [0.29, 0.717) is 23.4 Å².